The van der Waals surface area contributed by atoms with Gasteiger partial charge in [0.1, 0.15) is 0 Å². The molecular weight excluding hydrogens is 204 g/mol. The molecule has 0 bridgehead atoms. The van der Waals surface area contributed by atoms with Crippen LogP contribution in [0.15, 0.2) is 18.2 Å². The molecule has 1 saturated carbocycles. The van der Waals surface area contributed by atoms with E-state index < -0.39 is 0 Å². The van der Waals surface area contributed by atoms with Crippen LogP contribution in [0.4, 0.5) is 0 Å². The molecule has 1 fully saturated rings. The molecule has 94 valence electrons. The van der Waals surface area contributed by atoms with Gasteiger partial charge in [-0.25, -0.2) is 0 Å². The SMILES string of the molecule is CC(C)c1cc(C(C)C)cc(C2CCCC2)c1. The van der Waals surface area contributed by atoms with Crippen LogP contribution in [-0.4, -0.2) is 0 Å². The van der Waals surface area contributed by atoms with Gasteiger partial charge >= 0.3 is 0 Å². The van der Waals surface area contributed by atoms with Crippen molar-refractivity contribution in [3.8, 4) is 0 Å². The summed E-state index contributed by atoms with van der Waals surface area (Å²) >= 11 is 0. The van der Waals surface area contributed by atoms with Gasteiger partial charge in [-0.15, -0.1) is 0 Å². The minimum atomic E-state index is 0.647. The smallest absolute Gasteiger partial charge is 0.0162 e. The van der Waals surface area contributed by atoms with E-state index in [4.69, 9.17) is 0 Å². The van der Waals surface area contributed by atoms with Crippen molar-refractivity contribution in [2.45, 2.75) is 71.1 Å². The molecule has 0 N–H and O–H groups in total. The number of hydrogen-bond donors (Lipinski definition) is 0. The second-order valence-corrected chi connectivity index (χ2v) is 6.22. The first-order chi connectivity index (χ1) is 8.08. The number of benzene rings is 1. The van der Waals surface area contributed by atoms with Crippen LogP contribution in [0.25, 0.3) is 0 Å². The summed E-state index contributed by atoms with van der Waals surface area (Å²) in [5, 5.41) is 0. The molecule has 0 heterocycles. The summed E-state index contributed by atoms with van der Waals surface area (Å²) < 4.78 is 0. The first kappa shape index (κ1) is 12.7. The first-order valence-corrected chi connectivity index (χ1v) is 7.22. The van der Waals surface area contributed by atoms with Gasteiger partial charge in [-0.05, 0) is 47.3 Å². The lowest BCUT2D eigenvalue weighted by molar-refractivity contribution is 0.713. The molecule has 0 aliphatic heterocycles. The summed E-state index contributed by atoms with van der Waals surface area (Å²) in [5.41, 5.74) is 4.66. The van der Waals surface area contributed by atoms with Crippen LogP contribution in [-0.2, 0) is 0 Å². The molecule has 1 aliphatic carbocycles. The Morgan fingerprint density at radius 3 is 1.71 bits per heavy atom. The molecule has 1 aromatic carbocycles. The molecule has 2 rings (SSSR count). The van der Waals surface area contributed by atoms with Crippen molar-refractivity contribution in [1.29, 1.82) is 0 Å². The van der Waals surface area contributed by atoms with Crippen molar-refractivity contribution in [1.82, 2.24) is 0 Å². The molecule has 0 radical (unpaired) electrons. The average Bonchev–Trinajstić information content (AvgIpc) is 2.81. The van der Waals surface area contributed by atoms with Gasteiger partial charge in [0.25, 0.3) is 0 Å². The largest absolute Gasteiger partial charge is 0.0587 e. The molecule has 1 aliphatic rings. The summed E-state index contributed by atoms with van der Waals surface area (Å²) in [4.78, 5) is 0. The lowest BCUT2D eigenvalue weighted by atomic mass is 9.88. The monoisotopic (exact) mass is 230 g/mol. The Hall–Kier alpha value is -0.780. The van der Waals surface area contributed by atoms with Gasteiger partial charge in [0.15, 0.2) is 0 Å². The third kappa shape index (κ3) is 2.91. The topological polar surface area (TPSA) is 0 Å². The zero-order valence-electron chi connectivity index (χ0n) is 11.8. The molecule has 0 spiro atoms. The molecule has 0 unspecified atom stereocenters. The van der Waals surface area contributed by atoms with E-state index in [1.807, 2.05) is 0 Å². The second kappa shape index (κ2) is 5.25. The van der Waals surface area contributed by atoms with Crippen LogP contribution in [0.2, 0.25) is 0 Å². The highest BCUT2D eigenvalue weighted by Crippen LogP contribution is 2.36. The van der Waals surface area contributed by atoms with Crippen LogP contribution >= 0.6 is 0 Å². The van der Waals surface area contributed by atoms with Gasteiger partial charge in [0.05, 0.1) is 0 Å². The zero-order chi connectivity index (χ0) is 12.4. The van der Waals surface area contributed by atoms with E-state index >= 15 is 0 Å². The Kier molecular flexibility index (Phi) is 3.91. The minimum Gasteiger partial charge on any atom is -0.0587 e. The van der Waals surface area contributed by atoms with E-state index in [1.54, 1.807) is 5.56 Å². The Balaban J connectivity index is 2.36. The van der Waals surface area contributed by atoms with E-state index in [0.717, 1.165) is 5.92 Å². The molecule has 0 aromatic heterocycles. The van der Waals surface area contributed by atoms with Gasteiger partial charge < -0.3 is 0 Å². The van der Waals surface area contributed by atoms with E-state index in [9.17, 15) is 0 Å². The van der Waals surface area contributed by atoms with Crippen LogP contribution in [0.3, 0.4) is 0 Å². The van der Waals surface area contributed by atoms with Crippen LogP contribution in [0.1, 0.15) is 87.8 Å². The summed E-state index contributed by atoms with van der Waals surface area (Å²) in [5.74, 6) is 2.13. The summed E-state index contributed by atoms with van der Waals surface area (Å²) in [6.07, 6.45) is 5.65. The summed E-state index contributed by atoms with van der Waals surface area (Å²) in [6.45, 7) is 9.21. The zero-order valence-corrected chi connectivity index (χ0v) is 11.8. The Morgan fingerprint density at radius 1 is 0.824 bits per heavy atom. The first-order valence-electron chi connectivity index (χ1n) is 7.22. The highest BCUT2D eigenvalue weighted by Gasteiger charge is 2.18. The molecule has 0 heteroatoms. The fraction of sp³-hybridized carbons (Fsp3) is 0.647. The van der Waals surface area contributed by atoms with E-state index in [1.165, 1.54) is 36.8 Å². The molecular formula is C17H26. The fourth-order valence-electron chi connectivity index (χ4n) is 2.86. The third-order valence-electron chi connectivity index (χ3n) is 4.16. The van der Waals surface area contributed by atoms with E-state index in [2.05, 4.69) is 45.9 Å². The van der Waals surface area contributed by atoms with Gasteiger partial charge in [0, 0.05) is 0 Å². The van der Waals surface area contributed by atoms with Crippen molar-refractivity contribution in [2.24, 2.45) is 0 Å². The van der Waals surface area contributed by atoms with Crippen molar-refractivity contribution in [3.05, 3.63) is 34.9 Å². The molecule has 1 aromatic rings. The van der Waals surface area contributed by atoms with Crippen molar-refractivity contribution < 1.29 is 0 Å². The predicted molar refractivity (Wildman–Crippen MR) is 75.8 cm³/mol. The maximum Gasteiger partial charge on any atom is -0.0162 e. The average molecular weight is 230 g/mol. The van der Waals surface area contributed by atoms with E-state index in [-0.39, 0.29) is 0 Å². The maximum absolute atomic E-state index is 2.46. The van der Waals surface area contributed by atoms with Crippen LogP contribution < -0.4 is 0 Å². The Labute approximate surface area is 106 Å². The molecule has 17 heavy (non-hydrogen) atoms. The summed E-state index contributed by atoms with van der Waals surface area (Å²) in [6, 6.07) is 7.34. The molecule has 0 atom stereocenters. The fourth-order valence-corrected chi connectivity index (χ4v) is 2.86. The highest BCUT2D eigenvalue weighted by molar-refractivity contribution is 5.35. The number of rotatable bonds is 3. The van der Waals surface area contributed by atoms with Crippen molar-refractivity contribution >= 4 is 0 Å². The predicted octanol–water partition coefficient (Wildman–Crippen LogP) is 5.59. The van der Waals surface area contributed by atoms with Gasteiger partial charge in [-0.3, -0.25) is 0 Å². The van der Waals surface area contributed by atoms with Gasteiger partial charge in [-0.2, -0.15) is 0 Å². The van der Waals surface area contributed by atoms with Crippen molar-refractivity contribution in [2.75, 3.05) is 0 Å². The molecule has 0 saturated heterocycles. The minimum absolute atomic E-state index is 0.647. The Bertz CT molecular complexity index is 341. The van der Waals surface area contributed by atoms with Gasteiger partial charge in [0.2, 0.25) is 0 Å². The highest BCUT2D eigenvalue weighted by atomic mass is 14.2. The molecule has 0 nitrogen and oxygen atoms in total. The standard InChI is InChI=1S/C17H26/c1-12(2)15-9-16(13(3)4)11-17(10-15)14-7-5-6-8-14/h9-14H,5-8H2,1-4H3. The second-order valence-electron chi connectivity index (χ2n) is 6.22. The third-order valence-corrected chi connectivity index (χ3v) is 4.16. The van der Waals surface area contributed by atoms with Gasteiger partial charge in [-0.1, -0.05) is 58.7 Å². The van der Waals surface area contributed by atoms with Crippen LogP contribution in [0.5, 0.6) is 0 Å². The van der Waals surface area contributed by atoms with E-state index in [0.29, 0.717) is 11.8 Å². The lowest BCUT2D eigenvalue weighted by Crippen LogP contribution is -2.00. The Morgan fingerprint density at radius 2 is 1.29 bits per heavy atom. The quantitative estimate of drug-likeness (QED) is 0.635. The van der Waals surface area contributed by atoms with Crippen molar-refractivity contribution in [3.63, 3.8) is 0 Å². The number of hydrogen-bond acceptors (Lipinski definition) is 0. The molecule has 0 amide bonds. The van der Waals surface area contributed by atoms with Crippen LogP contribution in [0, 0.1) is 0 Å². The normalized spacial score (nSPS) is 17.3. The lowest BCUT2D eigenvalue weighted by Gasteiger charge is -2.17. The summed E-state index contributed by atoms with van der Waals surface area (Å²) in [7, 11) is 0. The maximum atomic E-state index is 2.46.